The van der Waals surface area contributed by atoms with Gasteiger partial charge in [0.2, 0.25) is 0 Å². The fourth-order valence-electron chi connectivity index (χ4n) is 0.582. The first-order valence-electron chi connectivity index (χ1n) is 4.43. The lowest BCUT2D eigenvalue weighted by molar-refractivity contribution is 0.564. The van der Waals surface area contributed by atoms with Crippen molar-refractivity contribution < 1.29 is 5.48 Å². The minimum atomic E-state index is -1.99. The maximum absolute atomic E-state index is 8.58. The standard InChI is InChI=1S/C6H10N2/c7-5-6(8)3-1-2-4-6/h1-4,8H2/i1D2,2D2. The molecular weight excluding hydrogens is 100 g/mol. The molecule has 0 radical (unpaired) electrons. The molecule has 1 saturated carbocycles. The molecule has 0 heterocycles. The summed E-state index contributed by atoms with van der Waals surface area (Å²) >= 11 is 0. The van der Waals surface area contributed by atoms with Crippen LogP contribution in [0.5, 0.6) is 0 Å². The van der Waals surface area contributed by atoms with E-state index in [-0.39, 0.29) is 12.8 Å². The Hall–Kier alpha value is -0.550. The van der Waals surface area contributed by atoms with Crippen LogP contribution >= 0.6 is 0 Å². The maximum Gasteiger partial charge on any atom is 0.104 e. The second kappa shape index (κ2) is 1.75. The smallest absolute Gasteiger partial charge is 0.104 e. The summed E-state index contributed by atoms with van der Waals surface area (Å²) < 4.78 is 29.2. The molecule has 0 aliphatic heterocycles. The minimum Gasteiger partial charge on any atom is -0.313 e. The van der Waals surface area contributed by atoms with Crippen molar-refractivity contribution >= 4 is 0 Å². The van der Waals surface area contributed by atoms with Crippen LogP contribution in [0.2, 0.25) is 0 Å². The summed E-state index contributed by atoms with van der Waals surface area (Å²) in [7, 11) is 0. The molecule has 8 heavy (non-hydrogen) atoms. The Labute approximate surface area is 54.9 Å². The number of hydrogen-bond acceptors (Lipinski definition) is 2. The van der Waals surface area contributed by atoms with Gasteiger partial charge >= 0.3 is 0 Å². The van der Waals surface area contributed by atoms with Crippen molar-refractivity contribution in [3.8, 4) is 6.07 Å². The molecule has 2 heteroatoms. The van der Waals surface area contributed by atoms with E-state index in [0.29, 0.717) is 0 Å². The van der Waals surface area contributed by atoms with Gasteiger partial charge < -0.3 is 5.73 Å². The summed E-state index contributed by atoms with van der Waals surface area (Å²) in [5, 5.41) is 8.58. The van der Waals surface area contributed by atoms with Gasteiger partial charge in [-0.25, -0.2) is 0 Å². The first-order chi connectivity index (χ1) is 5.22. The molecule has 0 spiro atoms. The summed E-state index contributed by atoms with van der Waals surface area (Å²) in [5.41, 5.74) is 4.13. The Morgan fingerprint density at radius 1 is 1.62 bits per heavy atom. The predicted octanol–water partition coefficient (Wildman–Crippen LogP) is 0.781. The number of nitrogens with two attached hydrogens (primary N) is 1. The maximum atomic E-state index is 8.58. The Bertz CT molecular complexity index is 226. The van der Waals surface area contributed by atoms with Crippen molar-refractivity contribution in [2.24, 2.45) is 5.73 Å². The van der Waals surface area contributed by atoms with E-state index in [1.165, 1.54) is 0 Å². The molecule has 1 aliphatic carbocycles. The molecule has 1 rings (SSSR count). The number of nitrogens with zero attached hydrogens (tertiary/aromatic N) is 1. The number of nitriles is 1. The van der Waals surface area contributed by atoms with Crippen molar-refractivity contribution in [2.45, 2.75) is 31.1 Å². The number of hydrogen-bond donors (Lipinski definition) is 1. The monoisotopic (exact) mass is 114 g/mol. The topological polar surface area (TPSA) is 49.8 Å². The van der Waals surface area contributed by atoms with Gasteiger partial charge in [0.1, 0.15) is 5.54 Å². The average Bonchev–Trinajstić information content (AvgIpc) is 1.99. The molecule has 0 aromatic carbocycles. The summed E-state index contributed by atoms with van der Waals surface area (Å²) in [6, 6.07) is 1.75. The second-order valence-electron chi connectivity index (χ2n) is 1.98. The van der Waals surface area contributed by atoms with Crippen molar-refractivity contribution in [1.29, 1.82) is 5.26 Å². The first-order valence-corrected chi connectivity index (χ1v) is 2.43. The molecule has 0 atom stereocenters. The van der Waals surface area contributed by atoms with Crippen molar-refractivity contribution in [1.82, 2.24) is 0 Å². The molecule has 0 saturated heterocycles. The van der Waals surface area contributed by atoms with Crippen LogP contribution in [0.25, 0.3) is 0 Å². The fraction of sp³-hybridized carbons (Fsp3) is 0.833. The van der Waals surface area contributed by atoms with E-state index in [0.717, 1.165) is 0 Å². The zero-order valence-electron chi connectivity index (χ0n) is 8.44. The van der Waals surface area contributed by atoms with Crippen LogP contribution in [0.1, 0.15) is 31.1 Å². The van der Waals surface area contributed by atoms with Gasteiger partial charge in [0.05, 0.1) is 6.07 Å². The molecule has 0 amide bonds. The third-order valence-corrected chi connectivity index (χ3v) is 1.16. The van der Waals surface area contributed by atoms with E-state index < -0.39 is 18.3 Å². The molecule has 2 nitrogen and oxygen atoms in total. The Morgan fingerprint density at radius 3 is 2.38 bits per heavy atom. The summed E-state index contributed by atoms with van der Waals surface area (Å²) in [4.78, 5) is 0. The highest BCUT2D eigenvalue weighted by Crippen LogP contribution is 2.25. The fourth-order valence-corrected chi connectivity index (χ4v) is 0.582. The molecule has 0 aromatic rings. The third kappa shape index (κ3) is 0.823. The first kappa shape index (κ1) is 2.36. The summed E-state index contributed by atoms with van der Waals surface area (Å²) in [6.07, 6.45) is -4.44. The molecular formula is C6H10N2. The quantitative estimate of drug-likeness (QED) is 0.506. The van der Waals surface area contributed by atoms with Crippen LogP contribution in [-0.2, 0) is 0 Å². The van der Waals surface area contributed by atoms with Gasteiger partial charge in [-0.05, 0) is 12.8 Å². The highest BCUT2D eigenvalue weighted by molar-refractivity contribution is 5.07. The van der Waals surface area contributed by atoms with Gasteiger partial charge in [0.25, 0.3) is 0 Å². The van der Waals surface area contributed by atoms with E-state index in [1.54, 1.807) is 6.07 Å². The van der Waals surface area contributed by atoms with Crippen LogP contribution in [0.15, 0.2) is 0 Å². The third-order valence-electron chi connectivity index (χ3n) is 1.16. The van der Waals surface area contributed by atoms with Crippen LogP contribution in [0, 0.1) is 11.3 Å². The summed E-state index contributed by atoms with van der Waals surface area (Å²) in [6.45, 7) is 0. The molecule has 0 unspecified atom stereocenters. The van der Waals surface area contributed by atoms with Gasteiger partial charge in [-0.3, -0.25) is 0 Å². The normalized spacial score (nSPS) is 45.0. The van der Waals surface area contributed by atoms with Gasteiger partial charge in [0.15, 0.2) is 0 Å². The summed E-state index contributed by atoms with van der Waals surface area (Å²) in [5.74, 6) is 0. The second-order valence-corrected chi connectivity index (χ2v) is 1.98. The molecule has 2 N–H and O–H groups in total. The molecule has 1 aliphatic rings. The largest absolute Gasteiger partial charge is 0.313 e. The van der Waals surface area contributed by atoms with E-state index in [4.69, 9.17) is 16.5 Å². The van der Waals surface area contributed by atoms with Crippen molar-refractivity contribution in [3.63, 3.8) is 0 Å². The van der Waals surface area contributed by atoms with Gasteiger partial charge in [0, 0.05) is 5.48 Å². The zero-order valence-corrected chi connectivity index (χ0v) is 4.44. The Morgan fingerprint density at radius 2 is 2.12 bits per heavy atom. The SMILES string of the molecule is [2H]C1([2H])CC(N)(C#N)CC1([2H])[2H]. The zero-order chi connectivity index (χ0) is 9.62. The van der Waals surface area contributed by atoms with Crippen LogP contribution in [0.3, 0.4) is 0 Å². The lowest BCUT2D eigenvalue weighted by atomic mass is 10.0. The molecule has 44 valence electrons. The predicted molar refractivity (Wildman–Crippen MR) is 31.0 cm³/mol. The van der Waals surface area contributed by atoms with Crippen LogP contribution in [-0.4, -0.2) is 5.54 Å². The van der Waals surface area contributed by atoms with Gasteiger partial charge in [-0.15, -0.1) is 0 Å². The van der Waals surface area contributed by atoms with E-state index >= 15 is 0 Å². The van der Waals surface area contributed by atoms with E-state index in [9.17, 15) is 0 Å². The average molecular weight is 114 g/mol. The molecule has 1 fully saturated rings. The van der Waals surface area contributed by atoms with Crippen molar-refractivity contribution in [3.05, 3.63) is 0 Å². The highest BCUT2D eigenvalue weighted by Gasteiger charge is 2.28. The van der Waals surface area contributed by atoms with E-state index in [1.807, 2.05) is 0 Å². The Kier molecular flexibility index (Phi) is 0.518. The van der Waals surface area contributed by atoms with Crippen molar-refractivity contribution in [2.75, 3.05) is 0 Å². The lowest BCUT2D eigenvalue weighted by Gasteiger charge is -2.10. The Balaban J connectivity index is 2.97. The lowest BCUT2D eigenvalue weighted by Crippen LogP contribution is -2.33. The van der Waals surface area contributed by atoms with Gasteiger partial charge in [-0.1, -0.05) is 12.7 Å². The van der Waals surface area contributed by atoms with E-state index in [2.05, 4.69) is 0 Å². The molecule has 0 bridgehead atoms. The van der Waals surface area contributed by atoms with Gasteiger partial charge in [-0.2, -0.15) is 5.26 Å². The highest BCUT2D eigenvalue weighted by atomic mass is 14.7. The minimum absolute atomic E-state index is 0.233. The number of rotatable bonds is 0. The van der Waals surface area contributed by atoms with Crippen LogP contribution in [0.4, 0.5) is 0 Å². The molecule has 0 aromatic heterocycles. The van der Waals surface area contributed by atoms with Crippen LogP contribution < -0.4 is 5.73 Å².